The van der Waals surface area contributed by atoms with E-state index in [1.54, 1.807) is 11.3 Å². The molecule has 2 rings (SSSR count). The van der Waals surface area contributed by atoms with Crippen LogP contribution in [0.3, 0.4) is 0 Å². The highest BCUT2D eigenvalue weighted by Gasteiger charge is 2.19. The molecule has 1 aromatic heterocycles. The van der Waals surface area contributed by atoms with Crippen molar-refractivity contribution < 1.29 is 5.11 Å². The first-order valence-electron chi connectivity index (χ1n) is 5.58. The van der Waals surface area contributed by atoms with Crippen LogP contribution in [0.5, 0.6) is 0 Å². The first kappa shape index (κ1) is 11.0. The molecule has 1 unspecified atom stereocenters. The maximum Gasteiger partial charge on any atom is 0.0959 e. The summed E-state index contributed by atoms with van der Waals surface area (Å²) in [7, 11) is 0. The summed E-state index contributed by atoms with van der Waals surface area (Å²) >= 11 is 1.77. The van der Waals surface area contributed by atoms with Gasteiger partial charge in [-0.25, -0.2) is 4.98 Å². The van der Waals surface area contributed by atoms with Crippen LogP contribution in [0, 0.1) is 0 Å². The van der Waals surface area contributed by atoms with Crippen LogP contribution in [0.25, 0.3) is 0 Å². The lowest BCUT2D eigenvalue weighted by Crippen LogP contribution is -2.26. The van der Waals surface area contributed by atoms with Crippen LogP contribution < -0.4 is 5.32 Å². The number of nitrogens with zero attached hydrogens (tertiary/aromatic N) is 1. The predicted molar refractivity (Wildman–Crippen MR) is 62.5 cm³/mol. The predicted octanol–water partition coefficient (Wildman–Crippen LogP) is 1.71. The van der Waals surface area contributed by atoms with Crippen molar-refractivity contribution in [3.05, 3.63) is 16.1 Å². The first-order valence-corrected chi connectivity index (χ1v) is 6.40. The lowest BCUT2D eigenvalue weighted by atomic mass is 9.99. The van der Waals surface area contributed by atoms with Crippen LogP contribution in [0.2, 0.25) is 0 Å². The fourth-order valence-corrected chi connectivity index (χ4v) is 3.01. The van der Waals surface area contributed by atoms with Gasteiger partial charge in [-0.05, 0) is 25.9 Å². The molecule has 0 aromatic carbocycles. The molecular formula is C11H18N2OS. The maximum absolute atomic E-state index is 9.08. The monoisotopic (exact) mass is 226 g/mol. The Labute approximate surface area is 94.5 Å². The number of hydrogen-bond donors (Lipinski definition) is 2. The fraction of sp³-hybridized carbons (Fsp3) is 0.727. The number of aromatic nitrogens is 1. The number of aliphatic hydroxyl groups excluding tert-OH is 1. The third-order valence-corrected chi connectivity index (χ3v) is 4.38. The van der Waals surface area contributed by atoms with Crippen LogP contribution in [0.1, 0.15) is 41.5 Å². The molecule has 1 atom stereocenters. The van der Waals surface area contributed by atoms with Crippen molar-refractivity contribution >= 4 is 11.3 Å². The van der Waals surface area contributed by atoms with E-state index in [1.165, 1.54) is 22.7 Å². The Balaban J connectivity index is 2.05. The molecule has 84 valence electrons. The maximum atomic E-state index is 9.08. The minimum atomic E-state index is 0.216. The summed E-state index contributed by atoms with van der Waals surface area (Å²) in [6.45, 7) is 4.47. The summed E-state index contributed by atoms with van der Waals surface area (Å²) in [5, 5.41) is 13.7. The summed E-state index contributed by atoms with van der Waals surface area (Å²) in [4.78, 5) is 5.70. The van der Waals surface area contributed by atoms with Gasteiger partial charge in [0.1, 0.15) is 0 Å². The van der Waals surface area contributed by atoms with Crippen molar-refractivity contribution in [3.8, 4) is 0 Å². The average Bonchev–Trinajstić information content (AvgIpc) is 2.78. The molecule has 1 saturated heterocycles. The zero-order valence-corrected chi connectivity index (χ0v) is 9.89. The lowest BCUT2D eigenvalue weighted by Gasteiger charge is -2.20. The summed E-state index contributed by atoms with van der Waals surface area (Å²) < 4.78 is 0. The van der Waals surface area contributed by atoms with Crippen molar-refractivity contribution in [2.75, 3.05) is 19.7 Å². The topological polar surface area (TPSA) is 45.2 Å². The van der Waals surface area contributed by atoms with E-state index in [1.807, 2.05) is 13.1 Å². The number of rotatable bonds is 3. The average molecular weight is 226 g/mol. The molecule has 0 radical (unpaired) electrons. The Bertz CT molecular complexity index is 307. The summed E-state index contributed by atoms with van der Waals surface area (Å²) in [5.41, 5.74) is 0. The van der Waals surface area contributed by atoms with E-state index in [4.69, 9.17) is 5.11 Å². The smallest absolute Gasteiger partial charge is 0.0959 e. The molecule has 1 aromatic rings. The second kappa shape index (κ2) is 5.05. The van der Waals surface area contributed by atoms with Gasteiger partial charge in [0, 0.05) is 22.9 Å². The zero-order valence-electron chi connectivity index (χ0n) is 9.07. The van der Waals surface area contributed by atoms with Gasteiger partial charge in [0.2, 0.25) is 0 Å². The Kier molecular flexibility index (Phi) is 3.72. The van der Waals surface area contributed by atoms with Gasteiger partial charge in [0.25, 0.3) is 0 Å². The van der Waals surface area contributed by atoms with Gasteiger partial charge < -0.3 is 10.4 Å². The molecule has 4 heteroatoms. The fourth-order valence-electron chi connectivity index (χ4n) is 1.88. The Hall–Kier alpha value is -0.450. The number of piperidine rings is 1. The molecule has 0 bridgehead atoms. The standard InChI is InChI=1S/C11H18N2OS/c1-8(7-14)10-6-13-11(15-10)9-2-4-12-5-3-9/h6,8-9,12,14H,2-5,7H2,1H3. The molecule has 1 aliphatic heterocycles. The van der Waals surface area contributed by atoms with Crippen molar-refractivity contribution in [3.63, 3.8) is 0 Å². The van der Waals surface area contributed by atoms with Gasteiger partial charge in [-0.15, -0.1) is 11.3 Å². The Morgan fingerprint density at radius 1 is 1.60 bits per heavy atom. The molecular weight excluding hydrogens is 208 g/mol. The number of nitrogens with one attached hydrogen (secondary N) is 1. The normalized spacial score (nSPS) is 20.4. The summed E-state index contributed by atoms with van der Waals surface area (Å²) in [6, 6.07) is 0. The van der Waals surface area contributed by atoms with Gasteiger partial charge >= 0.3 is 0 Å². The Morgan fingerprint density at radius 2 is 2.33 bits per heavy atom. The van der Waals surface area contributed by atoms with E-state index in [0.717, 1.165) is 13.1 Å². The molecule has 15 heavy (non-hydrogen) atoms. The van der Waals surface area contributed by atoms with Crippen LogP contribution >= 0.6 is 11.3 Å². The van der Waals surface area contributed by atoms with E-state index in [-0.39, 0.29) is 12.5 Å². The molecule has 0 saturated carbocycles. The molecule has 2 heterocycles. The highest BCUT2D eigenvalue weighted by molar-refractivity contribution is 7.11. The second-order valence-electron chi connectivity index (χ2n) is 4.21. The van der Waals surface area contributed by atoms with Crippen molar-refractivity contribution in [2.24, 2.45) is 0 Å². The molecule has 0 spiro atoms. The van der Waals surface area contributed by atoms with Crippen molar-refractivity contribution in [1.82, 2.24) is 10.3 Å². The molecule has 1 fully saturated rings. The SMILES string of the molecule is CC(CO)c1cnc(C2CCNCC2)s1. The largest absolute Gasteiger partial charge is 0.396 e. The highest BCUT2D eigenvalue weighted by atomic mass is 32.1. The van der Waals surface area contributed by atoms with Crippen LogP contribution in [0.4, 0.5) is 0 Å². The molecule has 3 nitrogen and oxygen atoms in total. The van der Waals surface area contributed by atoms with Crippen molar-refractivity contribution in [2.45, 2.75) is 31.6 Å². The van der Waals surface area contributed by atoms with Crippen LogP contribution in [-0.2, 0) is 0 Å². The second-order valence-corrected chi connectivity index (χ2v) is 5.30. The summed E-state index contributed by atoms with van der Waals surface area (Å²) in [5.74, 6) is 0.869. The number of aliphatic hydroxyl groups is 1. The van der Waals surface area contributed by atoms with Gasteiger partial charge in [0.15, 0.2) is 0 Å². The zero-order chi connectivity index (χ0) is 10.7. The Morgan fingerprint density at radius 3 is 3.00 bits per heavy atom. The van der Waals surface area contributed by atoms with E-state index in [2.05, 4.69) is 10.3 Å². The summed E-state index contributed by atoms with van der Waals surface area (Å²) in [6.07, 6.45) is 4.32. The molecule has 0 aliphatic carbocycles. The first-order chi connectivity index (χ1) is 7.31. The van der Waals surface area contributed by atoms with E-state index in [9.17, 15) is 0 Å². The highest BCUT2D eigenvalue weighted by Crippen LogP contribution is 2.31. The van der Waals surface area contributed by atoms with Crippen molar-refractivity contribution in [1.29, 1.82) is 0 Å². The minimum Gasteiger partial charge on any atom is -0.396 e. The quantitative estimate of drug-likeness (QED) is 0.824. The minimum absolute atomic E-state index is 0.216. The van der Waals surface area contributed by atoms with Crippen LogP contribution in [0.15, 0.2) is 6.20 Å². The van der Waals surface area contributed by atoms with Gasteiger partial charge in [-0.1, -0.05) is 6.92 Å². The van der Waals surface area contributed by atoms with Gasteiger partial charge in [-0.2, -0.15) is 0 Å². The number of hydrogen-bond acceptors (Lipinski definition) is 4. The van der Waals surface area contributed by atoms with Gasteiger partial charge in [-0.3, -0.25) is 0 Å². The number of thiazole rings is 1. The lowest BCUT2D eigenvalue weighted by molar-refractivity contribution is 0.274. The van der Waals surface area contributed by atoms with E-state index < -0.39 is 0 Å². The third kappa shape index (κ3) is 2.56. The third-order valence-electron chi connectivity index (χ3n) is 2.99. The molecule has 1 aliphatic rings. The van der Waals surface area contributed by atoms with E-state index in [0.29, 0.717) is 5.92 Å². The van der Waals surface area contributed by atoms with Gasteiger partial charge in [0.05, 0.1) is 11.6 Å². The van der Waals surface area contributed by atoms with E-state index >= 15 is 0 Å². The molecule has 2 N–H and O–H groups in total. The molecule has 0 amide bonds. The van der Waals surface area contributed by atoms with Crippen LogP contribution in [-0.4, -0.2) is 29.8 Å².